The Bertz CT molecular complexity index is 1580. The van der Waals surface area contributed by atoms with Gasteiger partial charge in [-0.3, -0.25) is 14.4 Å². The van der Waals surface area contributed by atoms with Crippen molar-refractivity contribution in [1.29, 1.82) is 0 Å². The second-order valence-corrected chi connectivity index (χ2v) is 15.0. The van der Waals surface area contributed by atoms with Crippen molar-refractivity contribution >= 4 is 72.4 Å². The zero-order valence-electron chi connectivity index (χ0n) is 22.7. The third-order valence-corrected chi connectivity index (χ3v) is 11.0. The summed E-state index contributed by atoms with van der Waals surface area (Å²) in [6.45, 7) is 5.85. The molecule has 5 rings (SSSR count). The molecule has 2 aliphatic heterocycles. The quantitative estimate of drug-likeness (QED) is 0.404. The predicted octanol–water partition coefficient (Wildman–Crippen LogP) is 4.14. The summed E-state index contributed by atoms with van der Waals surface area (Å²) >= 11 is 13.4. The highest BCUT2D eigenvalue weighted by Crippen LogP contribution is 2.34. The van der Waals surface area contributed by atoms with Gasteiger partial charge in [-0.05, 0) is 41.5 Å². The number of nitrogens with zero attached hydrogens (tertiary/aromatic N) is 2. The van der Waals surface area contributed by atoms with Crippen LogP contribution in [-0.2, 0) is 19.6 Å². The largest absolute Gasteiger partial charge is 0.339 e. The summed E-state index contributed by atoms with van der Waals surface area (Å²) in [4.78, 5) is 43.6. The summed E-state index contributed by atoms with van der Waals surface area (Å²) in [5.41, 5.74) is -0.557. The lowest BCUT2D eigenvalue weighted by molar-refractivity contribution is -0.142. The molecule has 0 aliphatic carbocycles. The van der Waals surface area contributed by atoms with E-state index in [1.807, 2.05) is 51.1 Å². The highest BCUT2D eigenvalue weighted by Gasteiger charge is 2.49. The van der Waals surface area contributed by atoms with Crippen LogP contribution in [0.4, 0.5) is 0 Å². The monoisotopic (exact) mass is 636 g/mol. The molecule has 2 bridgehead atoms. The minimum Gasteiger partial charge on any atom is -0.339 e. The van der Waals surface area contributed by atoms with E-state index in [2.05, 4.69) is 10.0 Å². The van der Waals surface area contributed by atoms with Crippen LogP contribution in [0.25, 0.3) is 10.1 Å². The maximum Gasteiger partial charge on any atom is 0.262 e. The number of rotatable bonds is 7. The lowest BCUT2D eigenvalue weighted by Crippen LogP contribution is -2.59. The Balaban J connectivity index is 1.23. The van der Waals surface area contributed by atoms with Crippen LogP contribution < -0.4 is 10.0 Å². The number of likely N-dealkylation sites (tertiary alicyclic amines) is 2. The van der Waals surface area contributed by atoms with Crippen LogP contribution in [0, 0.1) is 5.41 Å². The first-order valence-electron chi connectivity index (χ1n) is 13.1. The normalized spacial score (nSPS) is 19.5. The van der Waals surface area contributed by atoms with Crippen LogP contribution >= 0.6 is 34.5 Å². The Morgan fingerprint density at radius 1 is 1.00 bits per heavy atom. The number of hydrogen-bond acceptors (Lipinski definition) is 6. The molecule has 3 heterocycles. The summed E-state index contributed by atoms with van der Waals surface area (Å²) in [5.74, 6) is -0.894. The average Bonchev–Trinajstić information content (AvgIpc) is 3.63. The van der Waals surface area contributed by atoms with Gasteiger partial charge in [-0.15, -0.1) is 11.3 Å². The van der Waals surface area contributed by atoms with Gasteiger partial charge >= 0.3 is 0 Å². The van der Waals surface area contributed by atoms with Gasteiger partial charge in [0, 0.05) is 17.8 Å². The second kappa shape index (κ2) is 11.2. The summed E-state index contributed by atoms with van der Waals surface area (Å²) in [6.07, 6.45) is 0.585. The van der Waals surface area contributed by atoms with E-state index in [4.69, 9.17) is 23.2 Å². The number of carbonyl (C=O) groups is 3. The number of amides is 3. The van der Waals surface area contributed by atoms with Gasteiger partial charge in [0.05, 0.1) is 33.6 Å². The Morgan fingerprint density at radius 2 is 1.63 bits per heavy atom. The van der Waals surface area contributed by atoms with E-state index < -0.39 is 33.9 Å². The van der Waals surface area contributed by atoms with Crippen molar-refractivity contribution in [3.63, 3.8) is 0 Å². The summed E-state index contributed by atoms with van der Waals surface area (Å²) < 4.78 is 28.8. The molecular formula is C28H30Cl2N4O5S2. The van der Waals surface area contributed by atoms with E-state index in [1.54, 1.807) is 9.80 Å². The molecule has 3 atom stereocenters. The van der Waals surface area contributed by atoms with Crippen LogP contribution in [0.15, 0.2) is 53.4 Å². The fourth-order valence-electron chi connectivity index (χ4n) is 5.42. The lowest BCUT2D eigenvalue weighted by Gasteiger charge is -2.39. The van der Waals surface area contributed by atoms with Gasteiger partial charge in [-0.1, -0.05) is 68.2 Å². The van der Waals surface area contributed by atoms with Crippen molar-refractivity contribution in [3.8, 4) is 0 Å². The van der Waals surface area contributed by atoms with Crippen molar-refractivity contribution < 1.29 is 22.8 Å². The minimum absolute atomic E-state index is 0.0420. The van der Waals surface area contributed by atoms with Gasteiger partial charge in [-0.25, -0.2) is 13.1 Å². The number of sulfonamides is 1. The number of halogens is 2. The smallest absolute Gasteiger partial charge is 0.262 e. The molecular weight excluding hydrogens is 607 g/mol. The topological polar surface area (TPSA) is 116 Å². The van der Waals surface area contributed by atoms with Crippen LogP contribution in [-0.4, -0.2) is 73.7 Å². The summed E-state index contributed by atoms with van der Waals surface area (Å²) in [5, 5.41) is 3.86. The molecule has 9 nitrogen and oxygen atoms in total. The predicted molar refractivity (Wildman–Crippen MR) is 160 cm³/mol. The fourth-order valence-corrected chi connectivity index (χ4v) is 8.50. The number of benzene rings is 2. The molecule has 218 valence electrons. The third kappa shape index (κ3) is 5.96. The molecule has 2 aromatic carbocycles. The number of nitrogens with one attached hydrogen (secondary N) is 2. The summed E-state index contributed by atoms with van der Waals surface area (Å²) in [7, 11) is -4.12. The number of carbonyl (C=O) groups excluding carboxylic acids is 3. The van der Waals surface area contributed by atoms with E-state index in [0.29, 0.717) is 17.8 Å². The highest BCUT2D eigenvalue weighted by atomic mass is 35.5. The van der Waals surface area contributed by atoms with Gasteiger partial charge in [0.1, 0.15) is 10.9 Å². The summed E-state index contributed by atoms with van der Waals surface area (Å²) in [6, 6.07) is 12.7. The lowest BCUT2D eigenvalue weighted by atomic mass is 9.85. The third-order valence-electron chi connectivity index (χ3n) is 7.48. The minimum atomic E-state index is -4.12. The van der Waals surface area contributed by atoms with Gasteiger partial charge in [0.25, 0.3) is 5.91 Å². The molecule has 1 aromatic heterocycles. The van der Waals surface area contributed by atoms with E-state index in [1.165, 1.54) is 29.5 Å². The molecule has 2 saturated heterocycles. The number of hydrogen-bond donors (Lipinski definition) is 2. The molecule has 2 N–H and O–H groups in total. The molecule has 1 unspecified atom stereocenters. The molecule has 13 heteroatoms. The van der Waals surface area contributed by atoms with E-state index >= 15 is 0 Å². The van der Waals surface area contributed by atoms with Crippen molar-refractivity contribution in [1.82, 2.24) is 19.8 Å². The van der Waals surface area contributed by atoms with Gasteiger partial charge in [-0.2, -0.15) is 0 Å². The fraction of sp³-hybridized carbons (Fsp3) is 0.393. The first kappa shape index (κ1) is 29.8. The molecule has 3 aromatic rings. The van der Waals surface area contributed by atoms with Crippen LogP contribution in [0.2, 0.25) is 10.0 Å². The van der Waals surface area contributed by atoms with Crippen molar-refractivity contribution in [2.24, 2.45) is 5.41 Å². The number of fused-ring (bicyclic) bond motifs is 3. The van der Waals surface area contributed by atoms with Crippen molar-refractivity contribution in [2.45, 2.75) is 50.2 Å². The zero-order chi connectivity index (χ0) is 29.7. The molecule has 2 aliphatic rings. The standard InChI is InChI=1S/C28H30Cl2N4O5S2/c1-28(2,3)25(32-26(36)22-11-16-7-4-5-10-21(16)40-22)27(37)34-15-17-12-18(34)14-33(17)23(35)13-31-41(38,39)24-19(29)8-6-9-20(24)30/h4-11,17-18,25,31H,12-15H2,1-3H3,(H,32,36)/t17-,18-,25?/m0/s1. The maximum absolute atomic E-state index is 13.8. The van der Waals surface area contributed by atoms with Gasteiger partial charge < -0.3 is 15.1 Å². The highest BCUT2D eigenvalue weighted by molar-refractivity contribution is 7.89. The molecule has 3 amide bonds. The Hall–Kier alpha value is -2.70. The van der Waals surface area contributed by atoms with Gasteiger partial charge in [0.15, 0.2) is 0 Å². The second-order valence-electron chi connectivity index (χ2n) is 11.4. The molecule has 0 radical (unpaired) electrons. The van der Waals surface area contributed by atoms with Crippen molar-refractivity contribution in [3.05, 3.63) is 63.5 Å². The Kier molecular flexibility index (Phi) is 8.12. The van der Waals surface area contributed by atoms with E-state index in [9.17, 15) is 22.8 Å². The van der Waals surface area contributed by atoms with E-state index in [0.717, 1.165) is 10.1 Å². The number of piperazine rings is 1. The maximum atomic E-state index is 13.8. The van der Waals surface area contributed by atoms with Gasteiger partial charge in [0.2, 0.25) is 21.8 Å². The first-order chi connectivity index (χ1) is 19.3. The zero-order valence-corrected chi connectivity index (χ0v) is 25.8. The Morgan fingerprint density at radius 3 is 2.24 bits per heavy atom. The average molecular weight is 638 g/mol. The number of thiophene rings is 1. The molecule has 41 heavy (non-hydrogen) atoms. The Labute approximate surface area is 252 Å². The van der Waals surface area contributed by atoms with Crippen LogP contribution in [0.3, 0.4) is 0 Å². The SMILES string of the molecule is CC(C)(C)C(NC(=O)c1cc2ccccc2s1)C(=O)N1C[C@@H]2C[C@H]1CN2C(=O)CNS(=O)(=O)c1c(Cl)cccc1Cl. The molecule has 2 fully saturated rings. The van der Waals surface area contributed by atoms with Crippen molar-refractivity contribution in [2.75, 3.05) is 19.6 Å². The molecule has 0 spiro atoms. The van der Waals surface area contributed by atoms with E-state index in [-0.39, 0.29) is 45.4 Å². The molecule has 0 saturated carbocycles. The first-order valence-corrected chi connectivity index (χ1v) is 16.1. The van der Waals surface area contributed by atoms with Crippen LogP contribution in [0.1, 0.15) is 36.9 Å². The van der Waals surface area contributed by atoms with Crippen LogP contribution in [0.5, 0.6) is 0 Å².